The Morgan fingerprint density at radius 2 is 2.28 bits per heavy atom. The molecule has 4 nitrogen and oxygen atoms in total. The van der Waals surface area contributed by atoms with Gasteiger partial charge in [-0.1, -0.05) is 13.3 Å². The molecule has 4 heteroatoms. The molecule has 1 aromatic carbocycles. The first kappa shape index (κ1) is 12.7. The van der Waals surface area contributed by atoms with Crippen LogP contribution in [-0.2, 0) is 0 Å². The monoisotopic (exact) mass is 248 g/mol. The van der Waals surface area contributed by atoms with E-state index in [-0.39, 0.29) is 5.56 Å². The van der Waals surface area contributed by atoms with Gasteiger partial charge in [0.2, 0.25) is 0 Å². The first-order chi connectivity index (χ1) is 8.56. The van der Waals surface area contributed by atoms with Crippen molar-refractivity contribution in [2.24, 2.45) is 11.8 Å². The summed E-state index contributed by atoms with van der Waals surface area (Å²) < 4.78 is 0. The zero-order chi connectivity index (χ0) is 13.1. The number of carboxylic acid groups (broad SMARTS) is 1. The summed E-state index contributed by atoms with van der Waals surface area (Å²) in [6, 6.07) is 5.03. The van der Waals surface area contributed by atoms with Crippen molar-refractivity contribution in [3.63, 3.8) is 0 Å². The fraction of sp³-hybridized carbons (Fsp3) is 0.500. The van der Waals surface area contributed by atoms with Crippen LogP contribution in [0.5, 0.6) is 0 Å². The second-order valence-corrected chi connectivity index (χ2v) is 5.27. The molecule has 2 unspecified atom stereocenters. The van der Waals surface area contributed by atoms with Crippen LogP contribution >= 0.6 is 0 Å². The molecule has 0 amide bonds. The van der Waals surface area contributed by atoms with E-state index in [4.69, 9.17) is 10.8 Å². The summed E-state index contributed by atoms with van der Waals surface area (Å²) in [6.07, 6.45) is 3.86. The third-order valence-corrected chi connectivity index (χ3v) is 3.68. The van der Waals surface area contributed by atoms with E-state index in [1.54, 1.807) is 18.2 Å². The molecular weight excluding hydrogens is 228 g/mol. The van der Waals surface area contributed by atoms with Gasteiger partial charge in [0.05, 0.1) is 5.56 Å². The number of hydrogen-bond acceptors (Lipinski definition) is 3. The molecule has 0 bridgehead atoms. The fourth-order valence-corrected chi connectivity index (χ4v) is 2.64. The van der Waals surface area contributed by atoms with E-state index in [1.165, 1.54) is 19.3 Å². The Hall–Kier alpha value is -1.71. The second kappa shape index (κ2) is 5.29. The van der Waals surface area contributed by atoms with Crippen LogP contribution in [-0.4, -0.2) is 17.6 Å². The van der Waals surface area contributed by atoms with Crippen LogP contribution in [0, 0.1) is 11.8 Å². The molecule has 18 heavy (non-hydrogen) atoms. The van der Waals surface area contributed by atoms with E-state index < -0.39 is 5.97 Å². The Balaban J connectivity index is 1.94. The number of benzene rings is 1. The molecule has 1 saturated carbocycles. The van der Waals surface area contributed by atoms with Crippen molar-refractivity contribution in [2.45, 2.75) is 26.2 Å². The van der Waals surface area contributed by atoms with Crippen molar-refractivity contribution in [1.82, 2.24) is 0 Å². The second-order valence-electron chi connectivity index (χ2n) is 5.27. The number of rotatable bonds is 4. The number of nitrogens with two attached hydrogens (primary N) is 1. The van der Waals surface area contributed by atoms with Gasteiger partial charge in [-0.15, -0.1) is 0 Å². The maximum atomic E-state index is 10.8. The van der Waals surface area contributed by atoms with Crippen molar-refractivity contribution in [1.29, 1.82) is 0 Å². The van der Waals surface area contributed by atoms with E-state index in [1.807, 2.05) is 0 Å². The van der Waals surface area contributed by atoms with Crippen LogP contribution in [0.2, 0.25) is 0 Å². The topological polar surface area (TPSA) is 75.3 Å². The molecule has 2 atom stereocenters. The largest absolute Gasteiger partial charge is 0.478 e. The highest BCUT2D eigenvalue weighted by Gasteiger charge is 2.20. The van der Waals surface area contributed by atoms with Crippen molar-refractivity contribution in [3.05, 3.63) is 23.8 Å². The van der Waals surface area contributed by atoms with E-state index in [0.29, 0.717) is 5.69 Å². The zero-order valence-electron chi connectivity index (χ0n) is 10.6. The maximum Gasteiger partial charge on any atom is 0.337 e. The lowest BCUT2D eigenvalue weighted by Crippen LogP contribution is -2.12. The van der Waals surface area contributed by atoms with Crippen LogP contribution in [0.4, 0.5) is 11.4 Å². The lowest BCUT2D eigenvalue weighted by atomic mass is 10.1. The molecule has 0 aromatic heterocycles. The third-order valence-electron chi connectivity index (χ3n) is 3.68. The number of carbonyl (C=O) groups is 1. The van der Waals surface area contributed by atoms with Gasteiger partial charge in [-0.05, 0) is 42.9 Å². The van der Waals surface area contributed by atoms with Crippen molar-refractivity contribution in [3.8, 4) is 0 Å². The van der Waals surface area contributed by atoms with Crippen molar-refractivity contribution in [2.75, 3.05) is 17.6 Å². The molecule has 0 heterocycles. The molecule has 2 rings (SSSR count). The molecule has 0 aliphatic heterocycles. The number of carboxylic acids is 1. The standard InChI is InChI=1S/C14H20N2O2/c1-9-2-3-10(6-9)8-16-11-4-5-12(14(17)18)13(15)7-11/h4-5,7,9-10,16H,2-3,6,8,15H2,1H3,(H,17,18). The molecule has 0 radical (unpaired) electrons. The van der Waals surface area contributed by atoms with E-state index in [9.17, 15) is 4.79 Å². The summed E-state index contributed by atoms with van der Waals surface area (Å²) in [5.41, 5.74) is 7.08. The first-order valence-electron chi connectivity index (χ1n) is 6.43. The fourth-order valence-electron chi connectivity index (χ4n) is 2.64. The van der Waals surface area contributed by atoms with Crippen molar-refractivity contribution >= 4 is 17.3 Å². The third kappa shape index (κ3) is 2.94. The summed E-state index contributed by atoms with van der Waals surface area (Å²) in [4.78, 5) is 10.8. The summed E-state index contributed by atoms with van der Waals surface area (Å²) in [5, 5.41) is 12.2. The van der Waals surface area contributed by atoms with Gasteiger partial charge in [-0.25, -0.2) is 4.79 Å². The van der Waals surface area contributed by atoms with Gasteiger partial charge in [0.25, 0.3) is 0 Å². The quantitative estimate of drug-likeness (QED) is 0.716. The predicted molar refractivity (Wildman–Crippen MR) is 72.8 cm³/mol. The van der Waals surface area contributed by atoms with Gasteiger partial charge in [0.1, 0.15) is 0 Å². The van der Waals surface area contributed by atoms with Gasteiger partial charge in [-0.2, -0.15) is 0 Å². The zero-order valence-corrected chi connectivity index (χ0v) is 10.6. The highest BCUT2D eigenvalue weighted by Crippen LogP contribution is 2.30. The maximum absolute atomic E-state index is 10.8. The minimum Gasteiger partial charge on any atom is -0.478 e. The normalized spacial score (nSPS) is 22.9. The lowest BCUT2D eigenvalue weighted by molar-refractivity contribution is 0.0698. The molecular formula is C14H20N2O2. The van der Waals surface area contributed by atoms with E-state index in [0.717, 1.165) is 24.1 Å². The molecule has 98 valence electrons. The van der Waals surface area contributed by atoms with Gasteiger partial charge in [0, 0.05) is 17.9 Å². The Labute approximate surface area is 107 Å². The highest BCUT2D eigenvalue weighted by molar-refractivity contribution is 5.94. The smallest absolute Gasteiger partial charge is 0.337 e. The van der Waals surface area contributed by atoms with E-state index in [2.05, 4.69) is 12.2 Å². The number of aromatic carboxylic acids is 1. The van der Waals surface area contributed by atoms with Gasteiger partial charge < -0.3 is 16.2 Å². The molecule has 0 saturated heterocycles. The minimum atomic E-state index is -0.983. The van der Waals surface area contributed by atoms with Crippen LogP contribution in [0.3, 0.4) is 0 Å². The lowest BCUT2D eigenvalue weighted by Gasteiger charge is -2.13. The van der Waals surface area contributed by atoms with Gasteiger partial charge >= 0.3 is 5.97 Å². The summed E-state index contributed by atoms with van der Waals surface area (Å²) in [6.45, 7) is 3.23. The van der Waals surface area contributed by atoms with Crippen LogP contribution in [0.15, 0.2) is 18.2 Å². The molecule has 1 aliphatic carbocycles. The Bertz CT molecular complexity index is 445. The Morgan fingerprint density at radius 3 is 2.83 bits per heavy atom. The number of nitrogen functional groups attached to an aromatic ring is 1. The van der Waals surface area contributed by atoms with E-state index >= 15 is 0 Å². The molecule has 0 spiro atoms. The number of anilines is 2. The van der Waals surface area contributed by atoms with Crippen LogP contribution < -0.4 is 11.1 Å². The number of hydrogen-bond donors (Lipinski definition) is 3. The van der Waals surface area contributed by atoms with Gasteiger partial charge in [-0.3, -0.25) is 0 Å². The molecule has 1 fully saturated rings. The molecule has 1 aliphatic rings. The summed E-state index contributed by atoms with van der Waals surface area (Å²) in [5.74, 6) is 0.570. The predicted octanol–water partition coefficient (Wildman–Crippen LogP) is 2.82. The van der Waals surface area contributed by atoms with Crippen LogP contribution in [0.25, 0.3) is 0 Å². The first-order valence-corrected chi connectivity index (χ1v) is 6.43. The van der Waals surface area contributed by atoms with Crippen molar-refractivity contribution < 1.29 is 9.90 Å². The van der Waals surface area contributed by atoms with Gasteiger partial charge in [0.15, 0.2) is 0 Å². The SMILES string of the molecule is CC1CCC(CNc2ccc(C(=O)O)c(N)c2)C1. The molecule has 4 N–H and O–H groups in total. The number of nitrogens with one attached hydrogen (secondary N) is 1. The van der Waals surface area contributed by atoms with Crippen LogP contribution in [0.1, 0.15) is 36.5 Å². The average Bonchev–Trinajstić information content (AvgIpc) is 2.72. The Kier molecular flexibility index (Phi) is 3.75. The summed E-state index contributed by atoms with van der Waals surface area (Å²) >= 11 is 0. The Morgan fingerprint density at radius 1 is 1.50 bits per heavy atom. The summed E-state index contributed by atoms with van der Waals surface area (Å²) in [7, 11) is 0. The average molecular weight is 248 g/mol. The molecule has 1 aromatic rings. The minimum absolute atomic E-state index is 0.162. The highest BCUT2D eigenvalue weighted by atomic mass is 16.4.